The summed E-state index contributed by atoms with van der Waals surface area (Å²) in [6.45, 7) is 3.51. The van der Waals surface area contributed by atoms with E-state index in [1.165, 1.54) is 12.1 Å². The van der Waals surface area contributed by atoms with Gasteiger partial charge in [0.2, 0.25) is 0 Å². The average Bonchev–Trinajstić information content (AvgIpc) is 2.86. The molecule has 8 heteroatoms. The maximum Gasteiger partial charge on any atom is 0.330 e. The average molecular weight is 443 g/mol. The Labute approximate surface area is 190 Å². The molecule has 3 aromatic rings. The molecule has 0 radical (unpaired) electrons. The van der Waals surface area contributed by atoms with Gasteiger partial charge in [-0.25, -0.2) is 4.79 Å². The van der Waals surface area contributed by atoms with E-state index in [4.69, 9.17) is 4.74 Å². The van der Waals surface area contributed by atoms with Crippen molar-refractivity contribution in [3.63, 3.8) is 0 Å². The van der Waals surface area contributed by atoms with E-state index in [1.807, 2.05) is 0 Å². The molecule has 33 heavy (non-hydrogen) atoms. The molecule has 0 bridgehead atoms. The van der Waals surface area contributed by atoms with Crippen LogP contribution in [0.4, 0.5) is 11.4 Å². The number of hydrogen-bond acceptors (Lipinski definition) is 7. The number of rotatable bonds is 9. The normalized spacial score (nSPS) is 10.5. The molecule has 3 rings (SSSR count). The van der Waals surface area contributed by atoms with Crippen molar-refractivity contribution >= 4 is 29.0 Å². The van der Waals surface area contributed by atoms with Gasteiger partial charge in [-0.1, -0.05) is 36.9 Å². The lowest BCUT2D eigenvalue weighted by Gasteiger charge is -2.06. The fraction of sp³-hybridized carbons (Fsp3) is 0.0800. The SMILES string of the molecule is C=CC(=O)OCCNC(=O)c1ccc(N=Nc2ccc(O)c(C(=O)c3ccccc3)c2)cc1. The number of ketones is 1. The molecule has 166 valence electrons. The van der Waals surface area contributed by atoms with Crippen LogP contribution in [0.25, 0.3) is 0 Å². The number of benzene rings is 3. The third-order valence-electron chi connectivity index (χ3n) is 4.47. The number of nitrogens with one attached hydrogen (secondary N) is 1. The Morgan fingerprint density at radius 2 is 1.58 bits per heavy atom. The Balaban J connectivity index is 1.63. The Morgan fingerprint density at radius 3 is 2.27 bits per heavy atom. The first-order valence-electron chi connectivity index (χ1n) is 10.00. The molecule has 0 aliphatic heterocycles. The summed E-state index contributed by atoms with van der Waals surface area (Å²) in [4.78, 5) is 35.7. The highest BCUT2D eigenvalue weighted by atomic mass is 16.5. The lowest BCUT2D eigenvalue weighted by Crippen LogP contribution is -2.27. The number of carbonyl (C=O) groups excluding carboxylic acids is 3. The summed E-state index contributed by atoms with van der Waals surface area (Å²) in [6, 6.07) is 19.4. The number of nitrogens with zero attached hydrogens (tertiary/aromatic N) is 2. The van der Waals surface area contributed by atoms with Gasteiger partial charge in [0.05, 0.1) is 23.5 Å². The molecule has 0 aliphatic carbocycles. The van der Waals surface area contributed by atoms with Gasteiger partial charge in [-0.2, -0.15) is 10.2 Å². The monoisotopic (exact) mass is 443 g/mol. The summed E-state index contributed by atoms with van der Waals surface area (Å²) in [5, 5.41) is 21.0. The van der Waals surface area contributed by atoms with Gasteiger partial charge in [-0.15, -0.1) is 0 Å². The number of amides is 1. The summed E-state index contributed by atoms with van der Waals surface area (Å²) in [5.41, 5.74) is 1.88. The van der Waals surface area contributed by atoms with Crippen molar-refractivity contribution in [1.29, 1.82) is 0 Å². The molecule has 0 saturated heterocycles. The van der Waals surface area contributed by atoms with Crippen LogP contribution in [0.5, 0.6) is 5.75 Å². The molecule has 0 aromatic heterocycles. The number of aromatic hydroxyl groups is 1. The van der Waals surface area contributed by atoms with E-state index < -0.39 is 5.97 Å². The van der Waals surface area contributed by atoms with Gasteiger partial charge in [-0.05, 0) is 42.5 Å². The molecule has 0 spiro atoms. The van der Waals surface area contributed by atoms with Gasteiger partial charge in [0.25, 0.3) is 5.91 Å². The predicted molar refractivity (Wildman–Crippen MR) is 122 cm³/mol. The zero-order chi connectivity index (χ0) is 23.6. The molecule has 0 aliphatic rings. The second-order valence-electron chi connectivity index (χ2n) is 6.77. The van der Waals surface area contributed by atoms with Gasteiger partial charge >= 0.3 is 5.97 Å². The third kappa shape index (κ3) is 6.44. The minimum absolute atomic E-state index is 0.0459. The van der Waals surface area contributed by atoms with Crippen molar-refractivity contribution in [2.45, 2.75) is 0 Å². The number of phenols is 1. The molecule has 3 aromatic carbocycles. The van der Waals surface area contributed by atoms with Gasteiger partial charge < -0.3 is 15.2 Å². The van der Waals surface area contributed by atoms with E-state index in [-0.39, 0.29) is 36.2 Å². The molecule has 0 unspecified atom stereocenters. The summed E-state index contributed by atoms with van der Waals surface area (Å²) < 4.78 is 4.79. The van der Waals surface area contributed by atoms with Crippen LogP contribution < -0.4 is 5.32 Å². The highest BCUT2D eigenvalue weighted by molar-refractivity contribution is 6.11. The van der Waals surface area contributed by atoms with Gasteiger partial charge in [-0.3, -0.25) is 9.59 Å². The topological polar surface area (TPSA) is 117 Å². The minimum atomic E-state index is -0.552. The maximum absolute atomic E-state index is 12.6. The van der Waals surface area contributed by atoms with Crippen LogP contribution >= 0.6 is 0 Å². The van der Waals surface area contributed by atoms with Crippen LogP contribution in [0.1, 0.15) is 26.3 Å². The van der Waals surface area contributed by atoms with E-state index >= 15 is 0 Å². The maximum atomic E-state index is 12.6. The molecule has 0 heterocycles. The highest BCUT2D eigenvalue weighted by Crippen LogP contribution is 2.27. The molecule has 0 fully saturated rings. The second-order valence-corrected chi connectivity index (χ2v) is 6.77. The Kier molecular flexibility index (Phi) is 7.80. The number of hydrogen-bond donors (Lipinski definition) is 2. The summed E-state index contributed by atoms with van der Waals surface area (Å²) in [7, 11) is 0. The highest BCUT2D eigenvalue weighted by Gasteiger charge is 2.14. The smallest absolute Gasteiger partial charge is 0.330 e. The zero-order valence-electron chi connectivity index (χ0n) is 17.6. The van der Waals surface area contributed by atoms with Crippen LogP contribution in [0.2, 0.25) is 0 Å². The summed E-state index contributed by atoms with van der Waals surface area (Å²) >= 11 is 0. The molecule has 0 saturated carbocycles. The standard InChI is InChI=1S/C25H21N3O5/c1-2-23(30)33-15-14-26-25(32)18-8-10-19(11-9-18)27-28-20-12-13-22(29)21(16-20)24(31)17-6-4-3-5-7-17/h2-13,16,29H,1,14-15H2,(H,26,32). The lowest BCUT2D eigenvalue weighted by molar-refractivity contribution is -0.137. The van der Waals surface area contributed by atoms with E-state index in [9.17, 15) is 19.5 Å². The molecule has 8 nitrogen and oxygen atoms in total. The minimum Gasteiger partial charge on any atom is -0.507 e. The van der Waals surface area contributed by atoms with Crippen LogP contribution in [0.3, 0.4) is 0 Å². The van der Waals surface area contributed by atoms with E-state index in [0.29, 0.717) is 22.5 Å². The molecule has 1 amide bonds. The lowest BCUT2D eigenvalue weighted by atomic mass is 10.0. The first kappa shape index (κ1) is 23.1. The number of carbonyl (C=O) groups is 3. The Bertz CT molecular complexity index is 1190. The zero-order valence-corrected chi connectivity index (χ0v) is 17.6. The number of azo groups is 1. The third-order valence-corrected chi connectivity index (χ3v) is 4.47. The number of esters is 1. The van der Waals surface area contributed by atoms with E-state index in [0.717, 1.165) is 6.08 Å². The van der Waals surface area contributed by atoms with Gasteiger partial charge in [0.1, 0.15) is 12.4 Å². The van der Waals surface area contributed by atoms with Crippen molar-refractivity contribution in [3.8, 4) is 5.75 Å². The van der Waals surface area contributed by atoms with Crippen molar-refractivity contribution in [1.82, 2.24) is 5.32 Å². The van der Waals surface area contributed by atoms with Gasteiger partial charge in [0, 0.05) is 17.2 Å². The first-order valence-corrected chi connectivity index (χ1v) is 10.00. The van der Waals surface area contributed by atoms with Crippen LogP contribution in [-0.2, 0) is 9.53 Å². The molecule has 0 atom stereocenters. The summed E-state index contributed by atoms with van der Waals surface area (Å²) in [5.74, 6) is -1.34. The quantitative estimate of drug-likeness (QED) is 0.166. The Hall–Kier alpha value is -4.59. The fourth-order valence-corrected chi connectivity index (χ4v) is 2.79. The number of phenolic OH excluding ortho intramolecular Hbond substituents is 1. The Morgan fingerprint density at radius 1 is 0.909 bits per heavy atom. The summed E-state index contributed by atoms with van der Waals surface area (Å²) in [6.07, 6.45) is 1.05. The molecular formula is C25H21N3O5. The number of ether oxygens (including phenoxy) is 1. The first-order chi connectivity index (χ1) is 16.0. The molecule has 2 N–H and O–H groups in total. The van der Waals surface area contributed by atoms with E-state index in [2.05, 4.69) is 22.1 Å². The van der Waals surface area contributed by atoms with Crippen molar-refractivity contribution in [2.75, 3.05) is 13.2 Å². The van der Waals surface area contributed by atoms with Crippen molar-refractivity contribution < 1.29 is 24.2 Å². The van der Waals surface area contributed by atoms with Crippen LogP contribution in [0.15, 0.2) is 95.7 Å². The largest absolute Gasteiger partial charge is 0.507 e. The fourth-order valence-electron chi connectivity index (χ4n) is 2.79. The van der Waals surface area contributed by atoms with E-state index in [1.54, 1.807) is 60.7 Å². The van der Waals surface area contributed by atoms with Crippen molar-refractivity contribution in [2.24, 2.45) is 10.2 Å². The van der Waals surface area contributed by atoms with Crippen LogP contribution in [-0.4, -0.2) is 35.9 Å². The van der Waals surface area contributed by atoms with Gasteiger partial charge in [0.15, 0.2) is 5.78 Å². The molecular weight excluding hydrogens is 422 g/mol. The van der Waals surface area contributed by atoms with Crippen LogP contribution in [0, 0.1) is 0 Å². The predicted octanol–water partition coefficient (Wildman–Crippen LogP) is 4.50. The second kappa shape index (κ2) is 11.1. The van der Waals surface area contributed by atoms with Crippen molar-refractivity contribution in [3.05, 3.63) is 102 Å².